The molecule has 1 heterocycles. The van der Waals surface area contributed by atoms with Gasteiger partial charge in [0.25, 0.3) is 0 Å². The summed E-state index contributed by atoms with van der Waals surface area (Å²) >= 11 is 2.94. The first kappa shape index (κ1) is 37.1. The fourth-order valence-electron chi connectivity index (χ4n) is 3.19. The highest BCUT2D eigenvalue weighted by molar-refractivity contribution is 9.08. The normalized spacial score (nSPS) is 18.2. The molecule has 3 atom stereocenters. The first-order valence-corrected chi connectivity index (χ1v) is 12.2. The molecule has 0 spiro atoms. The van der Waals surface area contributed by atoms with E-state index in [0.717, 1.165) is 25.0 Å². The lowest BCUT2D eigenvalue weighted by molar-refractivity contribution is -0.174. The summed E-state index contributed by atoms with van der Waals surface area (Å²) in [6.45, 7) is 10.5. The van der Waals surface area contributed by atoms with Crippen molar-refractivity contribution < 1.29 is 27.6 Å². The second-order valence-electron chi connectivity index (χ2n) is 8.23. The van der Waals surface area contributed by atoms with Crippen molar-refractivity contribution in [2.75, 3.05) is 25.5 Å². The Bertz CT molecular complexity index is 697. The molecule has 3 amide bonds. The quantitative estimate of drug-likeness (QED) is 0.253. The van der Waals surface area contributed by atoms with Crippen molar-refractivity contribution in [2.45, 2.75) is 59.7 Å². The minimum Gasteiger partial charge on any atom is -0.341 e. The van der Waals surface area contributed by atoms with Gasteiger partial charge in [0.15, 0.2) is 0 Å². The third-order valence-corrected chi connectivity index (χ3v) is 4.66. The molecule has 2 rings (SSSR count). The number of nitriles is 1. The summed E-state index contributed by atoms with van der Waals surface area (Å²) in [5.41, 5.74) is 0.273. The molecule has 35 heavy (non-hydrogen) atoms. The monoisotopic (exact) mass is 569 g/mol. The summed E-state index contributed by atoms with van der Waals surface area (Å²) in [6, 6.07) is 0.992. The lowest BCUT2D eigenvalue weighted by Crippen LogP contribution is -2.44. The second kappa shape index (κ2) is 19.8. The number of carbonyl (C=O) groups is 3. The van der Waals surface area contributed by atoms with Crippen molar-refractivity contribution in [3.8, 4) is 6.07 Å². The van der Waals surface area contributed by atoms with Crippen LogP contribution in [0.15, 0.2) is 12.2 Å². The van der Waals surface area contributed by atoms with E-state index in [1.165, 1.54) is 6.42 Å². The predicted octanol–water partition coefficient (Wildman–Crippen LogP) is 4.06. The van der Waals surface area contributed by atoms with E-state index in [4.69, 9.17) is 10.7 Å². The maximum atomic E-state index is 11.9. The van der Waals surface area contributed by atoms with Gasteiger partial charge in [0.05, 0.1) is 12.6 Å². The van der Waals surface area contributed by atoms with Crippen LogP contribution in [-0.2, 0) is 14.4 Å². The molecule has 3 N–H and O–H groups in total. The molecule has 0 aromatic heterocycles. The van der Waals surface area contributed by atoms with E-state index in [2.05, 4.69) is 48.6 Å². The number of halogens is 4. The number of alkyl halides is 4. The van der Waals surface area contributed by atoms with Gasteiger partial charge in [-0.2, -0.15) is 18.4 Å². The van der Waals surface area contributed by atoms with Gasteiger partial charge in [-0.1, -0.05) is 57.1 Å². The zero-order valence-corrected chi connectivity index (χ0v) is 21.6. The maximum Gasteiger partial charge on any atom is 0.471 e. The zero-order chi connectivity index (χ0) is 26.9. The Morgan fingerprint density at radius 3 is 2.03 bits per heavy atom. The molecule has 0 aromatic carbocycles. The SMILES string of the molecule is C.C=C(C=N)C(C#N)NC=O.CBr.CC(C)C.O=C(CNC(=O)C(F)(F)F)N1CC2CCC[C@H]2C1. The van der Waals surface area contributed by atoms with Gasteiger partial charge in [0.1, 0.15) is 6.04 Å². The molecule has 2 unspecified atom stereocenters. The van der Waals surface area contributed by atoms with Crippen LogP contribution in [0, 0.1) is 34.5 Å². The van der Waals surface area contributed by atoms with E-state index in [9.17, 15) is 27.6 Å². The largest absolute Gasteiger partial charge is 0.471 e. The summed E-state index contributed by atoms with van der Waals surface area (Å²) in [7, 11) is 0. The van der Waals surface area contributed by atoms with E-state index < -0.39 is 30.6 Å². The van der Waals surface area contributed by atoms with Crippen molar-refractivity contribution in [2.24, 2.45) is 17.8 Å². The summed E-state index contributed by atoms with van der Waals surface area (Å²) < 4.78 is 35.8. The van der Waals surface area contributed by atoms with Gasteiger partial charge < -0.3 is 20.9 Å². The maximum absolute atomic E-state index is 11.9. The van der Waals surface area contributed by atoms with Gasteiger partial charge in [0.2, 0.25) is 12.3 Å². The van der Waals surface area contributed by atoms with Crippen molar-refractivity contribution in [1.82, 2.24) is 15.5 Å². The highest BCUT2D eigenvalue weighted by atomic mass is 79.9. The molecule has 2 aliphatic rings. The molecule has 1 aliphatic heterocycles. The van der Waals surface area contributed by atoms with Gasteiger partial charge in [-0.3, -0.25) is 14.4 Å². The molecular weight excluding hydrogens is 531 g/mol. The fourth-order valence-corrected chi connectivity index (χ4v) is 3.19. The number of amides is 3. The number of fused-ring (bicyclic) bond motifs is 1. The minimum atomic E-state index is -4.93. The van der Waals surface area contributed by atoms with Crippen molar-refractivity contribution in [3.63, 3.8) is 0 Å². The van der Waals surface area contributed by atoms with Crippen LogP contribution in [0.3, 0.4) is 0 Å². The summed E-state index contributed by atoms with van der Waals surface area (Å²) in [5, 5.41) is 18.8. The van der Waals surface area contributed by atoms with Crippen LogP contribution in [0.2, 0.25) is 0 Å². The molecule has 2 fully saturated rings. The van der Waals surface area contributed by atoms with Crippen LogP contribution in [0.4, 0.5) is 13.2 Å². The van der Waals surface area contributed by atoms with Crippen molar-refractivity contribution in [1.29, 1.82) is 10.7 Å². The molecule has 1 saturated carbocycles. The lowest BCUT2D eigenvalue weighted by Gasteiger charge is -2.17. The first-order valence-electron chi connectivity index (χ1n) is 10.7. The zero-order valence-electron chi connectivity index (χ0n) is 20.0. The van der Waals surface area contributed by atoms with Gasteiger partial charge in [0, 0.05) is 19.3 Å². The highest BCUT2D eigenvalue weighted by Gasteiger charge is 2.40. The van der Waals surface area contributed by atoms with E-state index in [-0.39, 0.29) is 13.0 Å². The molecule has 0 radical (unpaired) electrons. The Kier molecular flexibility index (Phi) is 21.1. The summed E-state index contributed by atoms with van der Waals surface area (Å²) in [6.07, 6.45) is -0.246. The van der Waals surface area contributed by atoms with Crippen molar-refractivity contribution >= 4 is 40.4 Å². The molecule has 202 valence electrons. The number of nitrogens with zero attached hydrogens (tertiary/aromatic N) is 2. The molecular formula is C23H39BrF3N5O3. The molecule has 8 nitrogen and oxygen atoms in total. The average Bonchev–Trinajstić information content (AvgIpc) is 3.38. The number of hydrogen-bond donors (Lipinski definition) is 3. The standard InChI is InChI=1S/C11H15F3N2O2.C6H7N3O.C4H10.CH3Br.CH4/c12-11(13,14)10(18)15-4-9(17)16-5-7-2-1-3-8(7)6-16;1-5(2-7)6(3-8)9-4-10;1-4(2)3;1-2;/h7-8H,1-6H2,(H,15,18);2,4,6-7H,1H2,(H,9,10);4H,1-3H3;1H3;1H4/t7-,8?;;;;/m0..../s1. The number of rotatable bonds is 6. The fraction of sp³-hybridized carbons (Fsp3) is 0.696. The Morgan fingerprint density at radius 2 is 1.69 bits per heavy atom. The molecule has 1 saturated heterocycles. The number of nitrogens with one attached hydrogen (secondary N) is 3. The number of likely N-dealkylation sites (tertiary alicyclic amines) is 1. The molecule has 1 aliphatic carbocycles. The van der Waals surface area contributed by atoms with Gasteiger partial charge >= 0.3 is 12.1 Å². The third-order valence-electron chi connectivity index (χ3n) is 4.66. The minimum absolute atomic E-state index is 0. The average molecular weight is 570 g/mol. The lowest BCUT2D eigenvalue weighted by atomic mass is 10.0. The van der Waals surface area contributed by atoms with Gasteiger partial charge in [-0.25, -0.2) is 0 Å². The van der Waals surface area contributed by atoms with Crippen LogP contribution in [-0.4, -0.2) is 67.0 Å². The van der Waals surface area contributed by atoms with Crippen LogP contribution in [0.25, 0.3) is 0 Å². The van der Waals surface area contributed by atoms with E-state index in [1.54, 1.807) is 16.3 Å². The van der Waals surface area contributed by atoms with Crippen LogP contribution in [0.1, 0.15) is 47.5 Å². The number of carbonyl (C=O) groups excluding carboxylic acids is 3. The first-order chi connectivity index (χ1) is 15.9. The van der Waals surface area contributed by atoms with Crippen LogP contribution >= 0.6 is 15.9 Å². The summed E-state index contributed by atoms with van der Waals surface area (Å²) in [5.74, 6) is 1.14. The smallest absolute Gasteiger partial charge is 0.341 e. The Hall–Kier alpha value is -2.42. The van der Waals surface area contributed by atoms with E-state index in [0.29, 0.717) is 31.3 Å². The van der Waals surface area contributed by atoms with E-state index in [1.807, 2.05) is 5.83 Å². The number of hydrogen-bond acceptors (Lipinski definition) is 5. The van der Waals surface area contributed by atoms with Gasteiger partial charge in [-0.15, -0.1) is 0 Å². The molecule has 0 aromatic rings. The summed E-state index contributed by atoms with van der Waals surface area (Å²) in [4.78, 5) is 33.6. The predicted molar refractivity (Wildman–Crippen MR) is 135 cm³/mol. The molecule has 12 heteroatoms. The highest BCUT2D eigenvalue weighted by Crippen LogP contribution is 2.37. The Labute approximate surface area is 215 Å². The second-order valence-corrected chi connectivity index (χ2v) is 8.23. The Balaban J connectivity index is -0.000000514. The van der Waals surface area contributed by atoms with Crippen LogP contribution < -0.4 is 10.6 Å². The van der Waals surface area contributed by atoms with E-state index >= 15 is 0 Å². The Morgan fingerprint density at radius 1 is 1.23 bits per heavy atom. The van der Waals surface area contributed by atoms with Gasteiger partial charge in [-0.05, 0) is 42.0 Å². The molecule has 0 bridgehead atoms. The topological polar surface area (TPSA) is 126 Å². The van der Waals surface area contributed by atoms with Crippen LogP contribution in [0.5, 0.6) is 0 Å². The third kappa shape index (κ3) is 16.0. The van der Waals surface area contributed by atoms with Crippen molar-refractivity contribution in [3.05, 3.63) is 12.2 Å².